The fraction of sp³-hybridized carbons (Fsp3) is 0.613. The Hall–Kier alpha value is -2.34. The van der Waals surface area contributed by atoms with Gasteiger partial charge < -0.3 is 4.90 Å². The average Bonchev–Trinajstić information content (AvgIpc) is 2.87. The molecular formula is C31H54ClNO6S. The maximum Gasteiger partial charge on any atom is 0.207 e. The second-order valence-corrected chi connectivity index (χ2v) is 12.9. The zero-order valence-corrected chi connectivity index (χ0v) is 28.4. The fourth-order valence-corrected chi connectivity index (χ4v) is 2.01. The van der Waals surface area contributed by atoms with Crippen LogP contribution in [0.25, 0.3) is 0 Å². The number of terminal acetylenes is 1. The molecule has 0 amide bonds. The quantitative estimate of drug-likeness (QED) is 0.124. The fourth-order valence-electron chi connectivity index (χ4n) is 1.32. The molecule has 9 heteroatoms. The van der Waals surface area contributed by atoms with Gasteiger partial charge in [0.1, 0.15) is 5.78 Å². The van der Waals surface area contributed by atoms with Crippen molar-refractivity contribution in [3.8, 4) is 12.3 Å². The Morgan fingerprint density at radius 3 is 1.35 bits per heavy atom. The molecule has 232 valence electrons. The van der Waals surface area contributed by atoms with Gasteiger partial charge in [-0.05, 0) is 46.0 Å². The third kappa shape index (κ3) is 35.7. The summed E-state index contributed by atoms with van der Waals surface area (Å²) in [6, 6.07) is 0. The summed E-state index contributed by atoms with van der Waals surface area (Å²) in [5.41, 5.74) is 0. The van der Waals surface area contributed by atoms with Crippen molar-refractivity contribution in [2.75, 3.05) is 26.5 Å². The zero-order valence-electron chi connectivity index (χ0n) is 26.8. The summed E-state index contributed by atoms with van der Waals surface area (Å²) in [6.07, 6.45) is 9.67. The van der Waals surface area contributed by atoms with Crippen molar-refractivity contribution in [1.82, 2.24) is 4.90 Å². The number of sulfone groups is 1. The van der Waals surface area contributed by atoms with Crippen LogP contribution in [0.1, 0.15) is 69.2 Å². The molecule has 0 N–H and O–H groups in total. The van der Waals surface area contributed by atoms with Gasteiger partial charge in [-0.2, -0.15) is 0 Å². The van der Waals surface area contributed by atoms with E-state index in [1.807, 2.05) is 72.5 Å². The number of likely N-dealkylation sites (N-methyl/N-ethyl adjacent to an activating group) is 1. The first-order valence-electron chi connectivity index (χ1n) is 13.1. The van der Waals surface area contributed by atoms with Gasteiger partial charge in [0.15, 0.2) is 21.4 Å². The number of alkyl halides is 1. The molecule has 0 heterocycles. The highest BCUT2D eigenvalue weighted by molar-refractivity contribution is 7.94. The van der Waals surface area contributed by atoms with Gasteiger partial charge in [-0.15, -0.1) is 18.0 Å². The van der Waals surface area contributed by atoms with Crippen LogP contribution in [0.4, 0.5) is 0 Å². The molecule has 0 bridgehead atoms. The summed E-state index contributed by atoms with van der Waals surface area (Å²) in [5.74, 6) is 2.79. The number of hydrogen-bond acceptors (Lipinski definition) is 7. The lowest BCUT2D eigenvalue weighted by molar-refractivity contribution is -0.119. The van der Waals surface area contributed by atoms with Crippen LogP contribution in [-0.4, -0.2) is 68.2 Å². The minimum Gasteiger partial charge on any atom is -0.306 e. The van der Waals surface area contributed by atoms with Crippen LogP contribution >= 0.6 is 11.6 Å². The zero-order chi connectivity index (χ0) is 33.2. The van der Waals surface area contributed by atoms with Crippen molar-refractivity contribution in [2.45, 2.75) is 74.5 Å². The summed E-state index contributed by atoms with van der Waals surface area (Å²) in [6.45, 7) is 25.3. The Bertz CT molecular complexity index is 922. The molecule has 0 aliphatic carbocycles. The van der Waals surface area contributed by atoms with Gasteiger partial charge >= 0.3 is 0 Å². The number of Topliss-reactive ketones (excluding diaryl/α,β-unsaturated/α-hetero) is 2. The number of allylic oxidation sites excluding steroid dienone is 2. The number of nitrogens with zero attached hydrogens (tertiary/aromatic N) is 1. The van der Waals surface area contributed by atoms with Gasteiger partial charge in [0.05, 0.1) is 11.1 Å². The molecule has 0 spiro atoms. The van der Waals surface area contributed by atoms with Crippen LogP contribution in [0, 0.1) is 36.0 Å². The van der Waals surface area contributed by atoms with Crippen LogP contribution in [-0.2, 0) is 29.0 Å². The molecule has 0 unspecified atom stereocenters. The van der Waals surface area contributed by atoms with Crippen LogP contribution in [0.2, 0.25) is 0 Å². The van der Waals surface area contributed by atoms with E-state index in [9.17, 15) is 27.6 Å². The predicted octanol–water partition coefficient (Wildman–Crippen LogP) is 5.97. The molecule has 7 nitrogen and oxygen atoms in total. The van der Waals surface area contributed by atoms with Crippen molar-refractivity contribution in [3.63, 3.8) is 0 Å². The van der Waals surface area contributed by atoms with Crippen LogP contribution in [0.5, 0.6) is 0 Å². The molecule has 0 atom stereocenters. The lowest BCUT2D eigenvalue weighted by atomic mass is 10.1. The Labute approximate surface area is 250 Å². The molecule has 0 aliphatic rings. The largest absolute Gasteiger partial charge is 0.306 e. The summed E-state index contributed by atoms with van der Waals surface area (Å²) in [5, 5.41) is 0.650. The highest BCUT2D eigenvalue weighted by Crippen LogP contribution is 1.99. The Kier molecular flexibility index (Phi) is 33.4. The van der Waals surface area contributed by atoms with E-state index in [0.717, 1.165) is 12.0 Å². The molecule has 0 saturated carbocycles. The number of rotatable bonds is 11. The van der Waals surface area contributed by atoms with Gasteiger partial charge in [-0.25, -0.2) is 8.42 Å². The third-order valence-corrected chi connectivity index (χ3v) is 6.47. The second kappa shape index (κ2) is 28.2. The van der Waals surface area contributed by atoms with Gasteiger partial charge in [0.2, 0.25) is 5.78 Å². The molecule has 0 aliphatic heterocycles. The van der Waals surface area contributed by atoms with Crippen LogP contribution in [0.3, 0.4) is 0 Å². The van der Waals surface area contributed by atoms with E-state index in [2.05, 4.69) is 13.2 Å². The number of halogens is 1. The molecule has 0 saturated heterocycles. The van der Waals surface area contributed by atoms with Crippen molar-refractivity contribution < 1.29 is 27.6 Å². The molecule has 0 rings (SSSR count). The lowest BCUT2D eigenvalue weighted by Gasteiger charge is -2.03. The minimum absolute atomic E-state index is 0.00926. The number of ketones is 4. The van der Waals surface area contributed by atoms with Crippen molar-refractivity contribution in [2.24, 2.45) is 23.7 Å². The highest BCUT2D eigenvalue weighted by Gasteiger charge is 2.09. The Morgan fingerprint density at radius 2 is 1.25 bits per heavy atom. The lowest BCUT2D eigenvalue weighted by Crippen LogP contribution is -2.11. The van der Waals surface area contributed by atoms with E-state index in [1.54, 1.807) is 33.8 Å². The maximum atomic E-state index is 11.0. The first kappa shape index (κ1) is 47.4. The van der Waals surface area contributed by atoms with E-state index in [0.29, 0.717) is 0 Å². The molecule has 0 fully saturated rings. The summed E-state index contributed by atoms with van der Waals surface area (Å²) in [7, 11) is 0.981. The number of carbonyl (C=O) groups is 4. The average molecular weight is 604 g/mol. The first-order chi connectivity index (χ1) is 18.1. The summed E-state index contributed by atoms with van der Waals surface area (Å²) < 4.78 is 21.2. The van der Waals surface area contributed by atoms with E-state index in [4.69, 9.17) is 18.0 Å². The van der Waals surface area contributed by atoms with E-state index in [-0.39, 0.29) is 57.9 Å². The van der Waals surface area contributed by atoms with Gasteiger partial charge in [-0.1, -0.05) is 74.6 Å². The third-order valence-electron chi connectivity index (χ3n) is 4.42. The standard InChI is InChI=1S/C9H17NO.C6H10O.C6H8O.C5H9ClO.C5H10O2S/c1-8(2)9(11)6-5-7-10(3)4;2*1-4-6(7)5(2)3;1-4(2)5(7)3-6;1-4-8(6,7)5(2)3/h5-6,8H,7H2,1-4H3;4-5H,1H2,2-3H3;1,5H,2-3H3;4H,3H2,1-2H3;4-5H,1H2,2-3H3/b6-5+;;;;. The molecular weight excluding hydrogens is 550 g/mol. The van der Waals surface area contributed by atoms with E-state index >= 15 is 0 Å². The topological polar surface area (TPSA) is 106 Å². The van der Waals surface area contributed by atoms with Gasteiger partial charge in [-0.3, -0.25) is 19.2 Å². The first-order valence-corrected chi connectivity index (χ1v) is 15.2. The van der Waals surface area contributed by atoms with Crippen LogP contribution < -0.4 is 0 Å². The summed E-state index contributed by atoms with van der Waals surface area (Å²) in [4.78, 5) is 44.1. The maximum absolute atomic E-state index is 11.0. The van der Waals surface area contributed by atoms with Crippen molar-refractivity contribution >= 4 is 44.6 Å². The smallest absolute Gasteiger partial charge is 0.207 e. The van der Waals surface area contributed by atoms with Gasteiger partial charge in [0.25, 0.3) is 0 Å². The molecule has 0 aromatic rings. The normalized spacial score (nSPS) is 10.3. The molecule has 0 radical (unpaired) electrons. The molecule has 40 heavy (non-hydrogen) atoms. The Morgan fingerprint density at radius 1 is 0.825 bits per heavy atom. The van der Waals surface area contributed by atoms with Crippen molar-refractivity contribution in [3.05, 3.63) is 36.8 Å². The van der Waals surface area contributed by atoms with Crippen molar-refractivity contribution in [1.29, 1.82) is 0 Å². The SMILES string of the molecule is C#CC(=O)C(C)C.C=CC(=O)C(C)C.C=CS(=O)(=O)C(C)C.CC(C)C(=O)/C=C/CN(C)C.CC(C)C(=O)CCl. The van der Waals surface area contributed by atoms with E-state index in [1.165, 1.54) is 6.08 Å². The Balaban J connectivity index is -0.000000129. The molecule has 0 aromatic heterocycles. The second-order valence-electron chi connectivity index (χ2n) is 10.2. The number of hydrogen-bond donors (Lipinski definition) is 0. The van der Waals surface area contributed by atoms with E-state index < -0.39 is 9.84 Å². The highest BCUT2D eigenvalue weighted by atomic mass is 35.5. The predicted molar refractivity (Wildman–Crippen MR) is 171 cm³/mol. The van der Waals surface area contributed by atoms with Gasteiger partial charge in [0, 0.05) is 35.6 Å². The number of carbonyl (C=O) groups excluding carboxylic acids is 4. The molecule has 0 aromatic carbocycles. The monoisotopic (exact) mass is 603 g/mol. The van der Waals surface area contributed by atoms with Crippen LogP contribution in [0.15, 0.2) is 36.8 Å². The minimum atomic E-state index is -2.97. The summed E-state index contributed by atoms with van der Waals surface area (Å²) >= 11 is 5.20.